The number of aliphatic carboxylic acids is 1. The number of hydrogen-bond acceptors (Lipinski definition) is 4. The Labute approximate surface area is 91.8 Å². The highest BCUT2D eigenvalue weighted by Crippen LogP contribution is 2.27. The van der Waals surface area contributed by atoms with Gasteiger partial charge in [-0.2, -0.15) is 5.26 Å². The number of ether oxygens (including phenoxy) is 1. The summed E-state index contributed by atoms with van der Waals surface area (Å²) in [6.07, 6.45) is 1.17. The number of carbonyl (C=O) groups is 1. The normalized spacial score (nSPS) is 10.6. The van der Waals surface area contributed by atoms with Gasteiger partial charge < -0.3 is 14.9 Å². The minimum atomic E-state index is -1.31. The number of phenolic OH excluding ortho intramolecular Hbond substituents is 1. The van der Waals surface area contributed by atoms with E-state index in [9.17, 15) is 9.90 Å². The molecule has 0 radical (unpaired) electrons. The van der Waals surface area contributed by atoms with Crippen LogP contribution in [0.4, 0.5) is 0 Å². The molecule has 82 valence electrons. The lowest BCUT2D eigenvalue weighted by Gasteiger charge is -2.03. The highest BCUT2D eigenvalue weighted by atomic mass is 16.5. The van der Waals surface area contributed by atoms with Crippen molar-refractivity contribution in [3.63, 3.8) is 0 Å². The van der Waals surface area contributed by atoms with Gasteiger partial charge in [0.1, 0.15) is 11.6 Å². The van der Waals surface area contributed by atoms with Crippen LogP contribution in [0.2, 0.25) is 0 Å². The minimum Gasteiger partial charge on any atom is -0.504 e. The number of carboxylic acids is 1. The number of nitrogens with zero attached hydrogens (tertiary/aromatic N) is 1. The molecule has 0 aromatic heterocycles. The van der Waals surface area contributed by atoms with Crippen molar-refractivity contribution in [3.05, 3.63) is 29.3 Å². The first-order chi connectivity index (χ1) is 7.58. The second kappa shape index (κ2) is 4.84. The van der Waals surface area contributed by atoms with Gasteiger partial charge in [-0.05, 0) is 23.8 Å². The Morgan fingerprint density at radius 3 is 2.69 bits per heavy atom. The molecule has 0 saturated carbocycles. The van der Waals surface area contributed by atoms with Crippen molar-refractivity contribution in [1.82, 2.24) is 0 Å². The van der Waals surface area contributed by atoms with Gasteiger partial charge in [0.25, 0.3) is 0 Å². The smallest absolute Gasteiger partial charge is 0.346 e. The summed E-state index contributed by atoms with van der Waals surface area (Å²) >= 11 is 0. The molecule has 0 aliphatic heterocycles. The molecule has 0 fully saturated rings. The van der Waals surface area contributed by atoms with Gasteiger partial charge in [0.2, 0.25) is 0 Å². The van der Waals surface area contributed by atoms with E-state index in [1.165, 1.54) is 25.3 Å². The Kier molecular flexibility index (Phi) is 3.51. The number of aromatic hydroxyl groups is 1. The first-order valence-corrected chi connectivity index (χ1v) is 4.30. The molecular formula is C11H9NO4. The number of hydrogen-bond donors (Lipinski definition) is 2. The molecule has 0 spiro atoms. The zero-order chi connectivity index (χ0) is 12.1. The van der Waals surface area contributed by atoms with Crippen molar-refractivity contribution >= 4 is 12.0 Å². The first kappa shape index (κ1) is 11.6. The van der Waals surface area contributed by atoms with Crippen LogP contribution in [-0.2, 0) is 4.79 Å². The fraction of sp³-hybridized carbons (Fsp3) is 0.0909. The largest absolute Gasteiger partial charge is 0.504 e. The van der Waals surface area contributed by atoms with Gasteiger partial charge in [0, 0.05) is 0 Å². The summed E-state index contributed by atoms with van der Waals surface area (Å²) < 4.78 is 4.83. The van der Waals surface area contributed by atoms with Crippen LogP contribution < -0.4 is 4.74 Å². The van der Waals surface area contributed by atoms with E-state index in [0.717, 1.165) is 0 Å². The van der Waals surface area contributed by atoms with Crippen LogP contribution in [-0.4, -0.2) is 23.3 Å². The van der Waals surface area contributed by atoms with Crippen molar-refractivity contribution in [1.29, 1.82) is 5.26 Å². The van der Waals surface area contributed by atoms with E-state index in [1.807, 2.05) is 0 Å². The van der Waals surface area contributed by atoms with E-state index >= 15 is 0 Å². The summed E-state index contributed by atoms with van der Waals surface area (Å²) in [5.74, 6) is -1.14. The minimum absolute atomic E-state index is 0.112. The highest BCUT2D eigenvalue weighted by molar-refractivity contribution is 5.96. The Morgan fingerprint density at radius 1 is 1.56 bits per heavy atom. The predicted molar refractivity (Wildman–Crippen MR) is 55.9 cm³/mol. The number of methoxy groups -OCH3 is 1. The van der Waals surface area contributed by atoms with Gasteiger partial charge in [-0.15, -0.1) is 0 Å². The SMILES string of the molecule is COc1ccc(C=C(C#N)C(=O)O)cc1O. The van der Waals surface area contributed by atoms with Gasteiger partial charge >= 0.3 is 5.97 Å². The Hall–Kier alpha value is -2.48. The third-order valence-corrected chi connectivity index (χ3v) is 1.86. The first-order valence-electron chi connectivity index (χ1n) is 4.30. The van der Waals surface area contributed by atoms with E-state index in [2.05, 4.69) is 0 Å². The molecule has 0 heterocycles. The summed E-state index contributed by atoms with van der Waals surface area (Å²) in [6, 6.07) is 5.89. The Morgan fingerprint density at radius 2 is 2.25 bits per heavy atom. The lowest BCUT2D eigenvalue weighted by molar-refractivity contribution is -0.132. The molecule has 0 atom stereocenters. The van der Waals surface area contributed by atoms with E-state index in [0.29, 0.717) is 5.56 Å². The summed E-state index contributed by atoms with van der Waals surface area (Å²) in [5.41, 5.74) is 0.0156. The Balaban J connectivity index is 3.12. The van der Waals surface area contributed by atoms with E-state index in [-0.39, 0.29) is 11.5 Å². The molecule has 0 amide bonds. The maximum Gasteiger partial charge on any atom is 0.346 e. The molecule has 5 heteroatoms. The fourth-order valence-electron chi connectivity index (χ4n) is 1.11. The molecule has 5 nitrogen and oxygen atoms in total. The summed E-state index contributed by atoms with van der Waals surface area (Å²) in [7, 11) is 1.41. The van der Waals surface area contributed by atoms with Crippen molar-refractivity contribution in [2.75, 3.05) is 7.11 Å². The lowest BCUT2D eigenvalue weighted by atomic mass is 10.1. The summed E-state index contributed by atoms with van der Waals surface area (Å²) in [5, 5.41) is 26.6. The quantitative estimate of drug-likeness (QED) is 0.592. The molecule has 0 saturated heterocycles. The van der Waals surface area contributed by atoms with Crippen LogP contribution in [0, 0.1) is 11.3 Å². The maximum absolute atomic E-state index is 10.6. The number of carboxylic acid groups (broad SMARTS) is 1. The third kappa shape index (κ3) is 2.51. The molecule has 1 aromatic rings. The number of phenols is 1. The molecule has 1 aromatic carbocycles. The average Bonchev–Trinajstić information content (AvgIpc) is 2.25. The number of rotatable bonds is 3. The van der Waals surface area contributed by atoms with Crippen molar-refractivity contribution in [3.8, 4) is 17.6 Å². The van der Waals surface area contributed by atoms with Crippen molar-refractivity contribution in [2.45, 2.75) is 0 Å². The molecule has 0 unspecified atom stereocenters. The van der Waals surface area contributed by atoms with Gasteiger partial charge in [-0.3, -0.25) is 0 Å². The van der Waals surface area contributed by atoms with Crippen LogP contribution in [0.25, 0.3) is 6.08 Å². The van der Waals surface area contributed by atoms with Gasteiger partial charge in [-0.1, -0.05) is 6.07 Å². The van der Waals surface area contributed by atoms with E-state index < -0.39 is 11.5 Å². The topological polar surface area (TPSA) is 90.5 Å². The van der Waals surface area contributed by atoms with Crippen LogP contribution >= 0.6 is 0 Å². The van der Waals surface area contributed by atoms with Gasteiger partial charge in [-0.25, -0.2) is 4.79 Å². The van der Waals surface area contributed by atoms with E-state index in [4.69, 9.17) is 15.1 Å². The zero-order valence-electron chi connectivity index (χ0n) is 8.47. The van der Waals surface area contributed by atoms with Crippen molar-refractivity contribution < 1.29 is 19.7 Å². The predicted octanol–water partition coefficient (Wildman–Crippen LogP) is 1.39. The average molecular weight is 219 g/mol. The van der Waals surface area contributed by atoms with Gasteiger partial charge in [0.05, 0.1) is 7.11 Å². The lowest BCUT2D eigenvalue weighted by Crippen LogP contribution is -1.97. The molecule has 1 rings (SSSR count). The van der Waals surface area contributed by atoms with Crippen LogP contribution in [0.1, 0.15) is 5.56 Å². The van der Waals surface area contributed by atoms with Crippen LogP contribution in [0.15, 0.2) is 23.8 Å². The standard InChI is InChI=1S/C11H9NO4/c1-16-10-3-2-7(5-9(10)13)4-8(6-12)11(14)15/h2-5,13H,1H3,(H,14,15). The molecule has 16 heavy (non-hydrogen) atoms. The fourth-order valence-corrected chi connectivity index (χ4v) is 1.11. The maximum atomic E-state index is 10.6. The molecule has 0 aliphatic rings. The monoisotopic (exact) mass is 219 g/mol. The Bertz CT molecular complexity index is 485. The molecule has 2 N–H and O–H groups in total. The second-order valence-electron chi connectivity index (χ2n) is 2.91. The van der Waals surface area contributed by atoms with Gasteiger partial charge in [0.15, 0.2) is 11.5 Å². The van der Waals surface area contributed by atoms with Crippen molar-refractivity contribution in [2.24, 2.45) is 0 Å². The van der Waals surface area contributed by atoms with Crippen LogP contribution in [0.5, 0.6) is 11.5 Å². The summed E-state index contributed by atoms with van der Waals surface area (Å²) in [4.78, 5) is 10.6. The molecule has 0 aliphatic carbocycles. The number of nitriles is 1. The third-order valence-electron chi connectivity index (χ3n) is 1.86. The zero-order valence-corrected chi connectivity index (χ0v) is 8.47. The van der Waals surface area contributed by atoms with Crippen LogP contribution in [0.3, 0.4) is 0 Å². The summed E-state index contributed by atoms with van der Waals surface area (Å²) in [6.45, 7) is 0. The molecular weight excluding hydrogens is 210 g/mol. The molecule has 0 bridgehead atoms. The highest BCUT2D eigenvalue weighted by Gasteiger charge is 2.07. The number of benzene rings is 1. The second-order valence-corrected chi connectivity index (χ2v) is 2.91. The van der Waals surface area contributed by atoms with E-state index in [1.54, 1.807) is 12.1 Å².